The highest BCUT2D eigenvalue weighted by molar-refractivity contribution is 6.01. The van der Waals surface area contributed by atoms with E-state index in [1.54, 1.807) is 0 Å². The zero-order chi connectivity index (χ0) is 34.1. The Morgan fingerprint density at radius 1 is 0.647 bits per heavy atom. The molecule has 5 aromatic carbocycles. The van der Waals surface area contributed by atoms with Crippen LogP contribution in [0.4, 0.5) is 0 Å². The van der Waals surface area contributed by atoms with E-state index in [9.17, 15) is 0 Å². The van der Waals surface area contributed by atoms with Crippen molar-refractivity contribution in [3.63, 3.8) is 0 Å². The number of fused-ring (bicyclic) bond motifs is 5. The van der Waals surface area contributed by atoms with E-state index in [0.717, 1.165) is 63.8 Å². The third-order valence-electron chi connectivity index (χ3n) is 10.3. The Morgan fingerprint density at radius 3 is 2.29 bits per heavy atom. The van der Waals surface area contributed by atoms with E-state index in [4.69, 9.17) is 15.0 Å². The van der Waals surface area contributed by atoms with Gasteiger partial charge in [-0.1, -0.05) is 127 Å². The molecule has 0 aliphatic heterocycles. The van der Waals surface area contributed by atoms with Crippen LogP contribution in [0, 0.1) is 6.92 Å². The van der Waals surface area contributed by atoms with Gasteiger partial charge in [-0.2, -0.15) is 0 Å². The average molecular weight is 656 g/mol. The number of aromatic nitrogens is 3. The molecule has 0 bridgehead atoms. The van der Waals surface area contributed by atoms with Crippen molar-refractivity contribution in [2.75, 3.05) is 0 Å². The summed E-state index contributed by atoms with van der Waals surface area (Å²) in [6.07, 6.45) is 19.7. The Morgan fingerprint density at radius 2 is 1.41 bits per heavy atom. The Balaban J connectivity index is 1.12. The van der Waals surface area contributed by atoms with Crippen molar-refractivity contribution in [3.8, 4) is 56.2 Å². The third-order valence-corrected chi connectivity index (χ3v) is 10.3. The Bertz CT molecular complexity index is 2650. The van der Waals surface area contributed by atoms with E-state index in [0.29, 0.717) is 5.82 Å². The first kappa shape index (κ1) is 30.8. The van der Waals surface area contributed by atoms with Gasteiger partial charge in [0.05, 0.1) is 16.7 Å². The summed E-state index contributed by atoms with van der Waals surface area (Å²) < 4.78 is 0. The summed E-state index contributed by atoms with van der Waals surface area (Å²) in [5.41, 5.74) is 13.8. The first-order valence-electron chi connectivity index (χ1n) is 17.9. The molecule has 2 aliphatic rings. The van der Waals surface area contributed by atoms with Crippen LogP contribution in [0.2, 0.25) is 0 Å². The van der Waals surface area contributed by atoms with Crippen LogP contribution in [-0.4, -0.2) is 15.0 Å². The maximum atomic E-state index is 5.33. The van der Waals surface area contributed by atoms with Crippen LogP contribution < -0.4 is 10.6 Å². The minimum absolute atomic E-state index is 0.710. The summed E-state index contributed by atoms with van der Waals surface area (Å²) in [7, 11) is 0. The summed E-state index contributed by atoms with van der Waals surface area (Å²) in [5, 5.41) is 4.80. The Hall–Kier alpha value is -6.19. The molecule has 0 spiro atoms. The minimum Gasteiger partial charge on any atom is -0.247 e. The molecule has 3 nitrogen and oxygen atoms in total. The molecule has 2 heterocycles. The molecule has 0 amide bonds. The van der Waals surface area contributed by atoms with E-state index in [1.807, 2.05) is 12.3 Å². The second kappa shape index (κ2) is 13.3. The van der Waals surface area contributed by atoms with Crippen LogP contribution in [0.15, 0.2) is 140 Å². The van der Waals surface area contributed by atoms with Gasteiger partial charge >= 0.3 is 0 Å². The van der Waals surface area contributed by atoms with E-state index in [2.05, 4.69) is 153 Å². The fourth-order valence-electron chi connectivity index (χ4n) is 7.69. The van der Waals surface area contributed by atoms with Gasteiger partial charge in [0.25, 0.3) is 0 Å². The molecule has 0 fully saturated rings. The van der Waals surface area contributed by atoms with Crippen LogP contribution >= 0.6 is 0 Å². The van der Waals surface area contributed by atoms with Crippen molar-refractivity contribution < 1.29 is 0 Å². The van der Waals surface area contributed by atoms with Gasteiger partial charge in [0.15, 0.2) is 5.82 Å². The van der Waals surface area contributed by atoms with Crippen molar-refractivity contribution in [1.29, 1.82) is 0 Å². The topological polar surface area (TPSA) is 38.7 Å². The third kappa shape index (κ3) is 5.81. The molecule has 0 saturated carbocycles. The maximum Gasteiger partial charge on any atom is 0.159 e. The smallest absolute Gasteiger partial charge is 0.159 e. The highest BCUT2D eigenvalue weighted by Crippen LogP contribution is 2.35. The lowest BCUT2D eigenvalue weighted by atomic mass is 9.92. The number of allylic oxidation sites excluding steroid dienone is 3. The zero-order valence-electron chi connectivity index (χ0n) is 28.7. The molecule has 0 N–H and O–H groups in total. The molecule has 51 heavy (non-hydrogen) atoms. The highest BCUT2D eigenvalue weighted by Gasteiger charge is 2.16. The Kier molecular flexibility index (Phi) is 8.02. The monoisotopic (exact) mass is 655 g/mol. The second-order valence-corrected chi connectivity index (χ2v) is 13.4. The van der Waals surface area contributed by atoms with Crippen molar-refractivity contribution in [3.05, 3.63) is 167 Å². The van der Waals surface area contributed by atoms with Crippen LogP contribution in [-0.2, 0) is 6.42 Å². The lowest BCUT2D eigenvalue weighted by Crippen LogP contribution is -2.30. The maximum absolute atomic E-state index is 5.33. The van der Waals surface area contributed by atoms with E-state index in [1.165, 1.54) is 50.2 Å². The molecule has 0 unspecified atom stereocenters. The van der Waals surface area contributed by atoms with Crippen molar-refractivity contribution in [2.45, 2.75) is 32.6 Å². The number of hydrogen-bond donors (Lipinski definition) is 0. The molecular formula is C48H37N3. The number of hydrogen-bond acceptors (Lipinski definition) is 3. The summed E-state index contributed by atoms with van der Waals surface area (Å²) in [6, 6.07) is 41.0. The quantitative estimate of drug-likeness (QED) is 0.185. The lowest BCUT2D eigenvalue weighted by Gasteiger charge is -2.14. The van der Waals surface area contributed by atoms with E-state index >= 15 is 0 Å². The van der Waals surface area contributed by atoms with Crippen molar-refractivity contribution >= 4 is 29.0 Å². The van der Waals surface area contributed by atoms with Gasteiger partial charge < -0.3 is 0 Å². The molecule has 0 atom stereocenters. The first-order valence-corrected chi connectivity index (χ1v) is 17.9. The predicted molar refractivity (Wildman–Crippen MR) is 213 cm³/mol. The van der Waals surface area contributed by atoms with Crippen LogP contribution in [0.1, 0.15) is 36.0 Å². The fraction of sp³-hybridized carbons (Fsp3) is 0.104. The average Bonchev–Trinajstić information content (AvgIpc) is 3.59. The molecule has 3 heteroatoms. The minimum atomic E-state index is 0.710. The van der Waals surface area contributed by atoms with Gasteiger partial charge in [-0.05, 0) is 95.8 Å². The summed E-state index contributed by atoms with van der Waals surface area (Å²) in [4.78, 5) is 15.2. The van der Waals surface area contributed by atoms with E-state index < -0.39 is 0 Å². The molecule has 2 aliphatic carbocycles. The van der Waals surface area contributed by atoms with Crippen molar-refractivity contribution in [1.82, 2.24) is 15.0 Å². The zero-order valence-corrected chi connectivity index (χ0v) is 28.7. The standard InChI is InChI=1S/C48H37N3/c1-32-39(33-14-5-2-6-15-33)23-13-24-40(32)45-28-29-49-48(51-45)38-20-12-18-36(31-38)35-17-11-19-37(30-35)47-43-27-26-34-16-7-3-8-21-41(34)46(43)42-22-9-4-10-25-44(42)50-47/h2,4-6,8,10-15,17-31H,3,7,9,16H2,1H3. The second-order valence-electron chi connectivity index (χ2n) is 13.4. The van der Waals surface area contributed by atoms with Crippen LogP contribution in [0.5, 0.6) is 0 Å². The number of rotatable bonds is 5. The predicted octanol–water partition coefficient (Wildman–Crippen LogP) is 10.5. The fourth-order valence-corrected chi connectivity index (χ4v) is 7.69. The molecule has 0 radical (unpaired) electrons. The molecule has 2 aromatic heterocycles. The molecule has 9 rings (SSSR count). The molecule has 0 saturated heterocycles. The SMILES string of the molecule is Cc1c(-c2ccccc2)cccc1-c1ccnc(-c2cccc(-c3cccc(-c4nc5c(c6c7c(ccc46)CCCC=C7)=CCC=CC=5)c3)c2)n1. The van der Waals surface area contributed by atoms with Gasteiger partial charge in [-0.25, -0.2) is 15.0 Å². The van der Waals surface area contributed by atoms with Crippen molar-refractivity contribution in [2.24, 2.45) is 0 Å². The number of benzene rings is 5. The number of pyridine rings is 1. The van der Waals surface area contributed by atoms with Gasteiger partial charge in [0.1, 0.15) is 0 Å². The summed E-state index contributed by atoms with van der Waals surface area (Å²) in [6.45, 7) is 2.18. The van der Waals surface area contributed by atoms with Gasteiger partial charge in [0, 0.05) is 38.9 Å². The highest BCUT2D eigenvalue weighted by atomic mass is 14.9. The number of nitrogens with zero attached hydrogens (tertiary/aromatic N) is 3. The lowest BCUT2D eigenvalue weighted by molar-refractivity contribution is 0.852. The first-order chi connectivity index (χ1) is 25.2. The molecular weight excluding hydrogens is 619 g/mol. The molecule has 244 valence electrons. The Labute approximate surface area is 298 Å². The van der Waals surface area contributed by atoms with Gasteiger partial charge in [-0.15, -0.1) is 0 Å². The van der Waals surface area contributed by atoms with Crippen LogP contribution in [0.3, 0.4) is 0 Å². The normalized spacial score (nSPS) is 13.4. The molecule has 7 aromatic rings. The summed E-state index contributed by atoms with van der Waals surface area (Å²) >= 11 is 0. The largest absolute Gasteiger partial charge is 0.247 e. The van der Waals surface area contributed by atoms with Gasteiger partial charge in [-0.3, -0.25) is 0 Å². The van der Waals surface area contributed by atoms with E-state index in [-0.39, 0.29) is 0 Å². The van der Waals surface area contributed by atoms with Crippen LogP contribution in [0.25, 0.3) is 85.2 Å². The number of aryl methyl sites for hydroxylation is 1. The summed E-state index contributed by atoms with van der Waals surface area (Å²) in [5.74, 6) is 0.710. The van der Waals surface area contributed by atoms with Gasteiger partial charge in [0.2, 0.25) is 0 Å².